The minimum absolute atomic E-state index is 0.920. The van der Waals surface area contributed by atoms with Gasteiger partial charge in [-0.25, -0.2) is 9.97 Å². The van der Waals surface area contributed by atoms with Gasteiger partial charge in [-0.15, -0.1) is 11.8 Å². The Morgan fingerprint density at radius 1 is 1.44 bits per heavy atom. The summed E-state index contributed by atoms with van der Waals surface area (Å²) in [5, 5.41) is 4.30. The Labute approximate surface area is 99.5 Å². The largest absolute Gasteiger partial charge is 0.369 e. The lowest BCUT2D eigenvalue weighted by atomic mass is 10.5. The smallest absolute Gasteiger partial charge is 0.169 e. The quantitative estimate of drug-likeness (QED) is 0.810. The van der Waals surface area contributed by atoms with Crippen molar-refractivity contribution in [3.8, 4) is 0 Å². The first-order chi connectivity index (χ1) is 7.85. The average Bonchev–Trinajstić information content (AvgIpc) is 2.75. The molecular formula is C11H16N4S. The van der Waals surface area contributed by atoms with Crippen LogP contribution in [0.5, 0.6) is 0 Å². The fourth-order valence-corrected chi connectivity index (χ4v) is 2.20. The SMILES string of the molecule is CCCNc1cn2ccnc2c(SCC)n1. The lowest BCUT2D eigenvalue weighted by Gasteiger charge is -2.07. The first-order valence-corrected chi connectivity index (χ1v) is 6.54. The molecule has 0 unspecified atom stereocenters. The molecule has 0 saturated carbocycles. The highest BCUT2D eigenvalue weighted by Crippen LogP contribution is 2.22. The summed E-state index contributed by atoms with van der Waals surface area (Å²) in [5.74, 6) is 1.93. The molecule has 2 aromatic heterocycles. The Hall–Kier alpha value is -1.23. The molecule has 0 aliphatic rings. The first kappa shape index (κ1) is 11.3. The van der Waals surface area contributed by atoms with E-state index in [4.69, 9.17) is 0 Å². The van der Waals surface area contributed by atoms with E-state index < -0.39 is 0 Å². The molecule has 0 radical (unpaired) electrons. The van der Waals surface area contributed by atoms with Crippen LogP contribution in [0.1, 0.15) is 20.3 Å². The summed E-state index contributed by atoms with van der Waals surface area (Å²) in [7, 11) is 0. The third kappa shape index (κ3) is 2.29. The number of imidazole rings is 1. The van der Waals surface area contributed by atoms with Gasteiger partial charge < -0.3 is 9.72 Å². The number of nitrogens with zero attached hydrogens (tertiary/aromatic N) is 3. The van der Waals surface area contributed by atoms with E-state index in [1.165, 1.54) is 0 Å². The molecular weight excluding hydrogens is 220 g/mol. The number of hydrogen-bond acceptors (Lipinski definition) is 4. The second-order valence-corrected chi connectivity index (χ2v) is 4.70. The van der Waals surface area contributed by atoms with Gasteiger partial charge in [0.1, 0.15) is 10.8 Å². The molecule has 1 N–H and O–H groups in total. The monoisotopic (exact) mass is 236 g/mol. The molecule has 0 aliphatic carbocycles. The van der Waals surface area contributed by atoms with Crippen molar-refractivity contribution in [2.45, 2.75) is 25.3 Å². The van der Waals surface area contributed by atoms with Crippen LogP contribution in [-0.4, -0.2) is 26.7 Å². The third-order valence-corrected chi connectivity index (χ3v) is 3.02. The fraction of sp³-hybridized carbons (Fsp3) is 0.455. The van der Waals surface area contributed by atoms with Crippen LogP contribution in [0.2, 0.25) is 0 Å². The molecule has 0 saturated heterocycles. The zero-order valence-corrected chi connectivity index (χ0v) is 10.4. The summed E-state index contributed by atoms with van der Waals surface area (Å²) in [6.45, 7) is 5.21. The molecule has 5 heteroatoms. The normalized spacial score (nSPS) is 10.9. The molecule has 0 atom stereocenters. The van der Waals surface area contributed by atoms with Gasteiger partial charge in [-0.1, -0.05) is 13.8 Å². The van der Waals surface area contributed by atoms with Crippen molar-refractivity contribution in [2.75, 3.05) is 17.6 Å². The Morgan fingerprint density at radius 2 is 2.31 bits per heavy atom. The zero-order chi connectivity index (χ0) is 11.4. The van der Waals surface area contributed by atoms with Gasteiger partial charge in [-0.3, -0.25) is 0 Å². The molecule has 0 spiro atoms. The minimum Gasteiger partial charge on any atom is -0.369 e. The highest BCUT2D eigenvalue weighted by Gasteiger charge is 2.06. The topological polar surface area (TPSA) is 42.2 Å². The number of aromatic nitrogens is 3. The molecule has 86 valence electrons. The molecule has 2 rings (SSSR count). The van der Waals surface area contributed by atoms with E-state index >= 15 is 0 Å². The van der Waals surface area contributed by atoms with Gasteiger partial charge in [0.15, 0.2) is 5.65 Å². The van der Waals surface area contributed by atoms with Gasteiger partial charge in [0.05, 0.1) is 6.20 Å². The van der Waals surface area contributed by atoms with Crippen molar-refractivity contribution >= 4 is 23.2 Å². The van der Waals surface area contributed by atoms with E-state index in [1.54, 1.807) is 18.0 Å². The van der Waals surface area contributed by atoms with E-state index in [0.717, 1.165) is 35.2 Å². The number of anilines is 1. The molecule has 0 fully saturated rings. The van der Waals surface area contributed by atoms with Crippen LogP contribution in [0, 0.1) is 0 Å². The highest BCUT2D eigenvalue weighted by molar-refractivity contribution is 7.99. The molecule has 0 bridgehead atoms. The van der Waals surface area contributed by atoms with E-state index in [2.05, 4.69) is 29.1 Å². The summed E-state index contributed by atoms with van der Waals surface area (Å²) in [4.78, 5) is 8.88. The maximum Gasteiger partial charge on any atom is 0.169 e. The minimum atomic E-state index is 0.920. The van der Waals surface area contributed by atoms with Crippen molar-refractivity contribution in [3.63, 3.8) is 0 Å². The Kier molecular flexibility index (Phi) is 3.66. The Balaban J connectivity index is 2.36. The van der Waals surface area contributed by atoms with Crippen LogP contribution in [-0.2, 0) is 0 Å². The maximum absolute atomic E-state index is 4.57. The summed E-state index contributed by atoms with van der Waals surface area (Å²) >= 11 is 1.72. The number of nitrogens with one attached hydrogen (secondary N) is 1. The summed E-state index contributed by atoms with van der Waals surface area (Å²) < 4.78 is 2.02. The van der Waals surface area contributed by atoms with E-state index in [-0.39, 0.29) is 0 Å². The molecule has 0 aromatic carbocycles. The van der Waals surface area contributed by atoms with Crippen LogP contribution in [0.15, 0.2) is 23.6 Å². The van der Waals surface area contributed by atoms with Crippen molar-refractivity contribution in [2.24, 2.45) is 0 Å². The molecule has 0 aliphatic heterocycles. The standard InChI is InChI=1S/C11H16N4S/c1-3-5-12-9-8-15-7-6-13-10(15)11(14-9)16-4-2/h6-8,12H,3-5H2,1-2H3. The summed E-state index contributed by atoms with van der Waals surface area (Å²) in [6, 6.07) is 0. The lowest BCUT2D eigenvalue weighted by molar-refractivity contribution is 0.945. The number of rotatable bonds is 5. The van der Waals surface area contributed by atoms with Gasteiger partial charge in [-0.05, 0) is 12.2 Å². The Morgan fingerprint density at radius 3 is 3.06 bits per heavy atom. The lowest BCUT2D eigenvalue weighted by Crippen LogP contribution is -2.04. The van der Waals surface area contributed by atoms with Crippen LogP contribution in [0.3, 0.4) is 0 Å². The highest BCUT2D eigenvalue weighted by atomic mass is 32.2. The third-order valence-electron chi connectivity index (χ3n) is 2.18. The van der Waals surface area contributed by atoms with Gasteiger partial charge in [-0.2, -0.15) is 0 Å². The van der Waals surface area contributed by atoms with Gasteiger partial charge in [0.25, 0.3) is 0 Å². The van der Waals surface area contributed by atoms with Gasteiger partial charge in [0.2, 0.25) is 0 Å². The van der Waals surface area contributed by atoms with Crippen LogP contribution in [0.25, 0.3) is 5.65 Å². The van der Waals surface area contributed by atoms with Crippen LogP contribution < -0.4 is 5.32 Å². The van der Waals surface area contributed by atoms with E-state index in [0.29, 0.717) is 0 Å². The van der Waals surface area contributed by atoms with Gasteiger partial charge >= 0.3 is 0 Å². The van der Waals surface area contributed by atoms with E-state index in [1.807, 2.05) is 16.8 Å². The van der Waals surface area contributed by atoms with Crippen LogP contribution >= 0.6 is 11.8 Å². The van der Waals surface area contributed by atoms with Crippen LogP contribution in [0.4, 0.5) is 5.82 Å². The first-order valence-electron chi connectivity index (χ1n) is 5.55. The summed E-state index contributed by atoms with van der Waals surface area (Å²) in [5.41, 5.74) is 0.939. The van der Waals surface area contributed by atoms with Gasteiger partial charge in [0, 0.05) is 18.9 Å². The number of hydrogen-bond donors (Lipinski definition) is 1. The second kappa shape index (κ2) is 5.21. The van der Waals surface area contributed by atoms with Crippen molar-refractivity contribution in [3.05, 3.63) is 18.6 Å². The molecule has 4 nitrogen and oxygen atoms in total. The number of thioether (sulfide) groups is 1. The molecule has 2 heterocycles. The van der Waals surface area contributed by atoms with Crippen molar-refractivity contribution in [1.82, 2.24) is 14.4 Å². The predicted octanol–water partition coefficient (Wildman–Crippen LogP) is 2.66. The zero-order valence-electron chi connectivity index (χ0n) is 9.60. The van der Waals surface area contributed by atoms with Crippen molar-refractivity contribution < 1.29 is 0 Å². The maximum atomic E-state index is 4.57. The number of fused-ring (bicyclic) bond motifs is 1. The molecule has 2 aromatic rings. The molecule has 16 heavy (non-hydrogen) atoms. The average molecular weight is 236 g/mol. The molecule has 0 amide bonds. The second-order valence-electron chi connectivity index (χ2n) is 3.45. The summed E-state index contributed by atoms with van der Waals surface area (Å²) in [6.07, 6.45) is 6.84. The Bertz CT molecular complexity index is 466. The fourth-order valence-electron chi connectivity index (χ4n) is 1.47. The van der Waals surface area contributed by atoms with E-state index in [9.17, 15) is 0 Å². The van der Waals surface area contributed by atoms with Crippen molar-refractivity contribution in [1.29, 1.82) is 0 Å². The predicted molar refractivity (Wildman–Crippen MR) is 68.2 cm³/mol.